The summed E-state index contributed by atoms with van der Waals surface area (Å²) in [5.74, 6) is 2.72. The second kappa shape index (κ2) is 9.76. The maximum Gasteiger partial charge on any atom is 0.233 e. The van der Waals surface area contributed by atoms with Crippen molar-refractivity contribution in [1.29, 1.82) is 0 Å². The predicted molar refractivity (Wildman–Crippen MR) is 128 cm³/mol. The number of nitrogens with one attached hydrogen (secondary N) is 1. The Morgan fingerprint density at radius 3 is 2.70 bits per heavy atom. The zero-order valence-electron chi connectivity index (χ0n) is 18.5. The van der Waals surface area contributed by atoms with Gasteiger partial charge in [-0.05, 0) is 54.2 Å². The molecule has 8 nitrogen and oxygen atoms in total. The van der Waals surface area contributed by atoms with Gasteiger partial charge >= 0.3 is 0 Å². The maximum atomic E-state index is 13.5. The van der Waals surface area contributed by atoms with Crippen LogP contribution in [0.5, 0.6) is 0 Å². The first-order valence-electron chi connectivity index (χ1n) is 11.5. The van der Waals surface area contributed by atoms with Crippen molar-refractivity contribution in [1.82, 2.24) is 19.9 Å². The van der Waals surface area contributed by atoms with E-state index in [1.807, 2.05) is 6.07 Å². The summed E-state index contributed by atoms with van der Waals surface area (Å²) < 4.78 is 13.5. The molecular formula is C24H28FN7O. The quantitative estimate of drug-likeness (QED) is 0.671. The first-order chi connectivity index (χ1) is 16.2. The Morgan fingerprint density at radius 2 is 1.94 bits per heavy atom. The lowest BCUT2D eigenvalue weighted by Crippen LogP contribution is -2.47. The Labute approximate surface area is 192 Å². The van der Waals surface area contributed by atoms with Crippen molar-refractivity contribution in [3.63, 3.8) is 0 Å². The topological polar surface area (TPSA) is 89.8 Å². The van der Waals surface area contributed by atoms with Gasteiger partial charge in [-0.1, -0.05) is 18.2 Å². The van der Waals surface area contributed by atoms with Crippen molar-refractivity contribution in [2.24, 2.45) is 10.9 Å². The normalized spacial score (nSPS) is 19.2. The summed E-state index contributed by atoms with van der Waals surface area (Å²) in [6.07, 6.45) is 8.18. The summed E-state index contributed by atoms with van der Waals surface area (Å²) in [6, 6.07) is 6.39. The molecule has 5 rings (SSSR count). The van der Waals surface area contributed by atoms with Gasteiger partial charge in [0, 0.05) is 32.7 Å². The number of aromatic nitrogens is 3. The Bertz CT molecular complexity index is 1090. The summed E-state index contributed by atoms with van der Waals surface area (Å²) >= 11 is 0. The van der Waals surface area contributed by atoms with E-state index in [-0.39, 0.29) is 12.4 Å². The van der Waals surface area contributed by atoms with Gasteiger partial charge in [-0.2, -0.15) is 15.0 Å². The average Bonchev–Trinajstić information content (AvgIpc) is 3.57. The smallest absolute Gasteiger partial charge is 0.233 e. The third-order valence-corrected chi connectivity index (χ3v) is 6.08. The molecule has 1 saturated carbocycles. The highest BCUT2D eigenvalue weighted by molar-refractivity contribution is 6.05. The Hall–Kier alpha value is -3.17. The van der Waals surface area contributed by atoms with Crippen molar-refractivity contribution in [3.05, 3.63) is 53.1 Å². The Kier molecular flexibility index (Phi) is 6.41. The number of halogens is 1. The number of β-amino-alcohol motifs (C(OH)–C–C–N with tert-alkyl or cyclic N) is 1. The van der Waals surface area contributed by atoms with E-state index in [2.05, 4.69) is 41.1 Å². The monoisotopic (exact) mass is 449 g/mol. The molecule has 1 aromatic heterocycles. The van der Waals surface area contributed by atoms with Gasteiger partial charge in [0.15, 0.2) is 5.82 Å². The number of nitrogens with zero attached hydrogens (tertiary/aromatic N) is 6. The molecule has 0 bridgehead atoms. The van der Waals surface area contributed by atoms with E-state index >= 15 is 0 Å². The van der Waals surface area contributed by atoms with Gasteiger partial charge in [-0.15, -0.1) is 0 Å². The molecule has 0 radical (unpaired) electrons. The van der Waals surface area contributed by atoms with Crippen LogP contribution in [0.15, 0.2) is 40.9 Å². The molecule has 33 heavy (non-hydrogen) atoms. The summed E-state index contributed by atoms with van der Waals surface area (Å²) in [7, 11) is 0. The van der Waals surface area contributed by atoms with Crippen molar-refractivity contribution >= 4 is 29.9 Å². The molecule has 0 unspecified atom stereocenters. The van der Waals surface area contributed by atoms with Crippen molar-refractivity contribution in [2.75, 3.05) is 56.1 Å². The lowest BCUT2D eigenvalue weighted by molar-refractivity contribution is 0.188. The molecule has 2 N–H and O–H groups in total. The van der Waals surface area contributed by atoms with Crippen LogP contribution in [0.1, 0.15) is 24.2 Å². The number of aliphatic hydroxyl groups is 1. The lowest BCUT2D eigenvalue weighted by Gasteiger charge is -2.34. The Balaban J connectivity index is 1.37. The summed E-state index contributed by atoms with van der Waals surface area (Å²) in [5, 5.41) is 12.5. The maximum absolute atomic E-state index is 13.5. The van der Waals surface area contributed by atoms with Gasteiger partial charge in [0.25, 0.3) is 0 Å². The van der Waals surface area contributed by atoms with Crippen LogP contribution in [0.4, 0.5) is 16.3 Å². The molecule has 0 atom stereocenters. The highest BCUT2D eigenvalue weighted by Gasteiger charge is 2.28. The number of hydrogen-bond donors (Lipinski definition) is 2. The van der Waals surface area contributed by atoms with Crippen LogP contribution < -0.4 is 10.2 Å². The number of piperazine rings is 1. The van der Waals surface area contributed by atoms with Crippen LogP contribution in [-0.2, 0) is 0 Å². The molecule has 1 aromatic carbocycles. The molecule has 0 spiro atoms. The zero-order valence-corrected chi connectivity index (χ0v) is 18.5. The van der Waals surface area contributed by atoms with Crippen LogP contribution in [0.2, 0.25) is 0 Å². The predicted octanol–water partition coefficient (Wildman–Crippen LogP) is 2.46. The number of benzene rings is 1. The lowest BCUT2D eigenvalue weighted by atomic mass is 10.2. The van der Waals surface area contributed by atoms with Crippen LogP contribution in [-0.4, -0.2) is 76.7 Å². The molecule has 2 aromatic rings. The third-order valence-electron chi connectivity index (χ3n) is 6.08. The van der Waals surface area contributed by atoms with E-state index in [1.54, 1.807) is 18.2 Å². The van der Waals surface area contributed by atoms with Crippen molar-refractivity contribution in [3.8, 4) is 0 Å². The standard InChI is InChI=1S/C24H28FN7O/c25-20-3-1-2-17(14-20)4-7-21-27-23(28-22-15-19(16-26-22)18-5-6-18)30-24(29-21)32-10-8-31(9-11-32)12-13-33/h1-4,7,14-15,18,33H,5-6,8-13,16H2,(H,26,27,28,29,30)/b7-4+. The van der Waals surface area contributed by atoms with Gasteiger partial charge < -0.3 is 15.3 Å². The van der Waals surface area contributed by atoms with Gasteiger partial charge in [0.2, 0.25) is 11.9 Å². The molecule has 9 heteroatoms. The van der Waals surface area contributed by atoms with Crippen molar-refractivity contribution < 1.29 is 9.50 Å². The van der Waals surface area contributed by atoms with Crippen LogP contribution in [0.3, 0.4) is 0 Å². The first-order valence-corrected chi connectivity index (χ1v) is 11.5. The molecule has 2 fully saturated rings. The average molecular weight is 450 g/mol. The van der Waals surface area contributed by atoms with E-state index in [0.717, 1.165) is 44.1 Å². The second-order valence-corrected chi connectivity index (χ2v) is 8.58. The number of rotatable bonds is 7. The molecule has 2 aliphatic heterocycles. The van der Waals surface area contributed by atoms with E-state index in [0.29, 0.717) is 30.2 Å². The van der Waals surface area contributed by atoms with E-state index < -0.39 is 0 Å². The SMILES string of the molecule is OCCN1CCN(c2nc(/C=C/c3cccc(F)c3)nc(NC3=NCC(C4CC4)=C3)n2)CC1. The third kappa shape index (κ3) is 5.61. The number of aliphatic imine (C=N–C) groups is 1. The fourth-order valence-corrected chi connectivity index (χ4v) is 4.08. The van der Waals surface area contributed by atoms with Crippen LogP contribution in [0, 0.1) is 11.7 Å². The fraction of sp³-hybridized carbons (Fsp3) is 0.417. The summed E-state index contributed by atoms with van der Waals surface area (Å²) in [6.45, 7) is 4.78. The highest BCUT2D eigenvalue weighted by atomic mass is 19.1. The molecule has 1 saturated heterocycles. The van der Waals surface area contributed by atoms with Crippen LogP contribution >= 0.6 is 0 Å². The molecule has 1 aliphatic carbocycles. The molecular weight excluding hydrogens is 421 g/mol. The zero-order chi connectivity index (χ0) is 22.6. The largest absolute Gasteiger partial charge is 0.395 e. The minimum Gasteiger partial charge on any atom is -0.395 e. The van der Waals surface area contributed by atoms with E-state index in [4.69, 9.17) is 0 Å². The molecule has 0 amide bonds. The number of aliphatic hydroxyl groups excluding tert-OH is 1. The summed E-state index contributed by atoms with van der Waals surface area (Å²) in [5.41, 5.74) is 2.11. The minimum atomic E-state index is -0.283. The molecule has 3 aliphatic rings. The number of hydrogen-bond acceptors (Lipinski definition) is 8. The van der Waals surface area contributed by atoms with Crippen molar-refractivity contribution in [2.45, 2.75) is 12.8 Å². The van der Waals surface area contributed by atoms with Gasteiger partial charge in [-0.3, -0.25) is 9.89 Å². The van der Waals surface area contributed by atoms with E-state index in [1.165, 1.54) is 30.5 Å². The Morgan fingerprint density at radius 1 is 1.09 bits per heavy atom. The van der Waals surface area contributed by atoms with Gasteiger partial charge in [0.05, 0.1) is 13.2 Å². The summed E-state index contributed by atoms with van der Waals surface area (Å²) in [4.78, 5) is 22.8. The van der Waals surface area contributed by atoms with Gasteiger partial charge in [0.1, 0.15) is 11.7 Å². The minimum absolute atomic E-state index is 0.160. The first kappa shape index (κ1) is 21.7. The fourth-order valence-electron chi connectivity index (χ4n) is 4.08. The molecule has 3 heterocycles. The molecule has 172 valence electrons. The van der Waals surface area contributed by atoms with E-state index in [9.17, 15) is 9.50 Å². The van der Waals surface area contributed by atoms with Crippen LogP contribution in [0.25, 0.3) is 12.2 Å². The highest BCUT2D eigenvalue weighted by Crippen LogP contribution is 2.37. The number of amidine groups is 1. The van der Waals surface area contributed by atoms with Gasteiger partial charge in [-0.25, -0.2) is 4.39 Å². The number of anilines is 2. The second-order valence-electron chi connectivity index (χ2n) is 8.58.